The first-order valence-electron chi connectivity index (χ1n) is 3.75. The fourth-order valence-electron chi connectivity index (χ4n) is 1.10. The molecule has 0 heterocycles. The number of benzene rings is 1. The van der Waals surface area contributed by atoms with Crippen molar-refractivity contribution in [1.29, 1.82) is 5.26 Å². The smallest absolute Gasteiger partial charge is 0.420 e. The normalized spacial score (nSPS) is 10.9. The van der Waals surface area contributed by atoms with Gasteiger partial charge in [0.1, 0.15) is 17.4 Å². The number of alkyl halides is 3. The molecule has 0 aromatic heterocycles. The van der Waals surface area contributed by atoms with E-state index in [1.54, 1.807) is 0 Å². The van der Waals surface area contributed by atoms with E-state index >= 15 is 0 Å². The van der Waals surface area contributed by atoms with Crippen LogP contribution in [0.2, 0.25) is 0 Å². The summed E-state index contributed by atoms with van der Waals surface area (Å²) in [6.07, 6.45) is -4.68. The van der Waals surface area contributed by atoms with Gasteiger partial charge in [-0.05, 0) is 12.1 Å². The Hall–Kier alpha value is -1.77. The summed E-state index contributed by atoms with van der Waals surface area (Å²) in [5, 5.41) is 8.48. The van der Waals surface area contributed by atoms with Gasteiger partial charge in [-0.1, -0.05) is 0 Å². The minimum Gasteiger partial charge on any atom is -0.495 e. The van der Waals surface area contributed by atoms with Crippen molar-refractivity contribution in [3.8, 4) is 11.8 Å². The zero-order valence-corrected chi connectivity index (χ0v) is 7.52. The van der Waals surface area contributed by atoms with Gasteiger partial charge in [0.15, 0.2) is 5.75 Å². The van der Waals surface area contributed by atoms with Crippen molar-refractivity contribution in [1.82, 2.24) is 0 Å². The van der Waals surface area contributed by atoms with E-state index in [9.17, 15) is 17.6 Å². The number of ether oxygens (including phenoxy) is 1. The summed E-state index contributed by atoms with van der Waals surface area (Å²) in [5.41, 5.74) is -1.91. The quantitative estimate of drug-likeness (QED) is 0.680. The van der Waals surface area contributed by atoms with E-state index in [-0.39, 0.29) is 0 Å². The lowest BCUT2D eigenvalue weighted by Crippen LogP contribution is -2.09. The highest BCUT2D eigenvalue weighted by Crippen LogP contribution is 2.38. The molecule has 2 nitrogen and oxygen atoms in total. The van der Waals surface area contributed by atoms with Crippen molar-refractivity contribution in [2.45, 2.75) is 6.18 Å². The lowest BCUT2D eigenvalue weighted by molar-refractivity contribution is -0.138. The van der Waals surface area contributed by atoms with Crippen molar-refractivity contribution in [2.24, 2.45) is 0 Å². The van der Waals surface area contributed by atoms with E-state index < -0.39 is 28.9 Å². The average molecular weight is 219 g/mol. The van der Waals surface area contributed by atoms with Crippen molar-refractivity contribution >= 4 is 0 Å². The Balaban J connectivity index is 3.51. The summed E-state index contributed by atoms with van der Waals surface area (Å²) in [7, 11) is 0.949. The van der Waals surface area contributed by atoms with Gasteiger partial charge in [-0.15, -0.1) is 0 Å². The van der Waals surface area contributed by atoms with Gasteiger partial charge in [0.25, 0.3) is 0 Å². The summed E-state index contributed by atoms with van der Waals surface area (Å²) in [5.74, 6) is -1.83. The van der Waals surface area contributed by atoms with Crippen LogP contribution in [0.15, 0.2) is 12.1 Å². The topological polar surface area (TPSA) is 33.0 Å². The zero-order chi connectivity index (χ0) is 11.6. The second-order valence-electron chi connectivity index (χ2n) is 2.61. The van der Waals surface area contributed by atoms with Gasteiger partial charge in [-0.25, -0.2) is 4.39 Å². The van der Waals surface area contributed by atoms with Crippen molar-refractivity contribution in [3.63, 3.8) is 0 Å². The van der Waals surface area contributed by atoms with Gasteiger partial charge in [-0.2, -0.15) is 18.4 Å². The third-order valence-electron chi connectivity index (χ3n) is 1.73. The van der Waals surface area contributed by atoms with E-state index in [0.717, 1.165) is 7.11 Å². The molecule has 0 N–H and O–H groups in total. The van der Waals surface area contributed by atoms with Crippen LogP contribution in [0.3, 0.4) is 0 Å². The van der Waals surface area contributed by atoms with E-state index in [1.165, 1.54) is 6.07 Å². The van der Waals surface area contributed by atoms with Crippen LogP contribution < -0.4 is 4.74 Å². The van der Waals surface area contributed by atoms with Gasteiger partial charge in [-0.3, -0.25) is 0 Å². The minimum absolute atomic E-state index is 0.537. The Kier molecular flexibility index (Phi) is 2.84. The standard InChI is InChI=1S/C9H5F4NO/c1-15-8-5(4-14)7(10)3-2-6(8)9(11,12)13/h2-3H,1H3. The van der Waals surface area contributed by atoms with Crippen molar-refractivity contribution < 1.29 is 22.3 Å². The summed E-state index contributed by atoms with van der Waals surface area (Å²) in [6, 6.07) is 2.45. The molecule has 0 saturated carbocycles. The van der Waals surface area contributed by atoms with Crippen molar-refractivity contribution in [2.75, 3.05) is 7.11 Å². The van der Waals surface area contributed by atoms with Crippen LogP contribution >= 0.6 is 0 Å². The molecule has 1 aromatic carbocycles. The molecule has 1 aromatic rings. The maximum Gasteiger partial charge on any atom is 0.420 e. The SMILES string of the molecule is COc1c(C(F)(F)F)ccc(F)c1C#N. The highest BCUT2D eigenvalue weighted by atomic mass is 19.4. The molecule has 0 aliphatic rings. The first kappa shape index (κ1) is 11.3. The van der Waals surface area contributed by atoms with Crippen molar-refractivity contribution in [3.05, 3.63) is 29.1 Å². The predicted octanol–water partition coefficient (Wildman–Crippen LogP) is 2.72. The molecule has 0 aliphatic carbocycles. The number of hydrogen-bond donors (Lipinski definition) is 0. The molecule has 0 radical (unpaired) electrons. The third kappa shape index (κ3) is 2.01. The minimum atomic E-state index is -4.68. The highest BCUT2D eigenvalue weighted by molar-refractivity contribution is 5.50. The lowest BCUT2D eigenvalue weighted by Gasteiger charge is -2.12. The van der Waals surface area contributed by atoms with Gasteiger partial charge < -0.3 is 4.74 Å². The Morgan fingerprint density at radius 2 is 1.93 bits per heavy atom. The molecule has 0 spiro atoms. The second-order valence-corrected chi connectivity index (χ2v) is 2.61. The van der Waals surface area contributed by atoms with E-state index in [1.807, 2.05) is 0 Å². The molecule has 0 bridgehead atoms. The summed E-state index contributed by atoms with van der Waals surface area (Å²) < 4.78 is 54.4. The number of rotatable bonds is 1. The number of nitrogens with zero attached hydrogens (tertiary/aromatic N) is 1. The van der Waals surface area contributed by atoms with Crippen LogP contribution in [0.25, 0.3) is 0 Å². The Bertz CT molecular complexity index is 419. The van der Waals surface area contributed by atoms with Crippen LogP contribution in [-0.4, -0.2) is 7.11 Å². The monoisotopic (exact) mass is 219 g/mol. The lowest BCUT2D eigenvalue weighted by atomic mass is 10.1. The van der Waals surface area contributed by atoms with Crippen LogP contribution in [-0.2, 0) is 6.18 Å². The molecule has 0 amide bonds. The molecule has 6 heteroatoms. The first-order valence-corrected chi connectivity index (χ1v) is 3.75. The molecule has 1 rings (SSSR count). The zero-order valence-electron chi connectivity index (χ0n) is 7.52. The molecule has 80 valence electrons. The molecular formula is C9H5F4NO. The second kappa shape index (κ2) is 3.77. The van der Waals surface area contributed by atoms with Gasteiger partial charge in [0, 0.05) is 0 Å². The van der Waals surface area contributed by atoms with Crippen LogP contribution in [0.5, 0.6) is 5.75 Å². The summed E-state index contributed by atoms with van der Waals surface area (Å²) in [4.78, 5) is 0. The van der Waals surface area contributed by atoms with Crippen LogP contribution in [0.4, 0.5) is 17.6 Å². The summed E-state index contributed by atoms with van der Waals surface area (Å²) in [6.45, 7) is 0. The third-order valence-corrected chi connectivity index (χ3v) is 1.73. The van der Waals surface area contributed by atoms with E-state index in [0.29, 0.717) is 12.1 Å². The molecule has 0 unspecified atom stereocenters. The van der Waals surface area contributed by atoms with Crippen LogP contribution in [0.1, 0.15) is 11.1 Å². The fraction of sp³-hybridized carbons (Fsp3) is 0.222. The maximum atomic E-state index is 12.9. The van der Waals surface area contributed by atoms with Gasteiger partial charge >= 0.3 is 6.18 Å². The fourth-order valence-corrected chi connectivity index (χ4v) is 1.10. The number of halogens is 4. The Morgan fingerprint density at radius 3 is 2.33 bits per heavy atom. The summed E-state index contributed by atoms with van der Waals surface area (Å²) >= 11 is 0. The van der Waals surface area contributed by atoms with E-state index in [2.05, 4.69) is 4.74 Å². The van der Waals surface area contributed by atoms with Gasteiger partial charge in [0.05, 0.1) is 12.7 Å². The molecule has 15 heavy (non-hydrogen) atoms. The molecule has 0 fully saturated rings. The molecule has 0 atom stereocenters. The predicted molar refractivity (Wildman–Crippen MR) is 42.7 cm³/mol. The maximum absolute atomic E-state index is 12.9. The number of hydrogen-bond acceptors (Lipinski definition) is 2. The Morgan fingerprint density at radius 1 is 1.33 bits per heavy atom. The largest absolute Gasteiger partial charge is 0.495 e. The number of methoxy groups -OCH3 is 1. The first-order chi connectivity index (χ1) is 6.91. The highest BCUT2D eigenvalue weighted by Gasteiger charge is 2.36. The molecule has 0 saturated heterocycles. The number of nitriles is 1. The molecular weight excluding hydrogens is 214 g/mol. The van der Waals surface area contributed by atoms with Crippen LogP contribution in [0, 0.1) is 17.1 Å². The molecule has 0 aliphatic heterocycles. The van der Waals surface area contributed by atoms with E-state index in [4.69, 9.17) is 5.26 Å². The average Bonchev–Trinajstić information content (AvgIpc) is 2.15. The van der Waals surface area contributed by atoms with Gasteiger partial charge in [0.2, 0.25) is 0 Å². The Labute approximate surface area is 82.7 Å².